The normalized spacial score (nSPS) is 17.2. The van der Waals surface area contributed by atoms with Crippen molar-refractivity contribution in [1.82, 2.24) is 4.90 Å². The quantitative estimate of drug-likeness (QED) is 0.642. The molecule has 1 aliphatic heterocycles. The Labute approximate surface area is 157 Å². The molecule has 0 bridgehead atoms. The molecule has 4 rings (SSSR count). The minimum atomic E-state index is -0.464. The van der Waals surface area contributed by atoms with Gasteiger partial charge in [0.1, 0.15) is 11.8 Å². The highest BCUT2D eigenvalue weighted by Crippen LogP contribution is 2.35. The third kappa shape index (κ3) is 2.91. The second-order valence-corrected chi connectivity index (χ2v) is 6.68. The number of furan rings is 1. The van der Waals surface area contributed by atoms with Crippen molar-refractivity contribution in [3.05, 3.63) is 89.9 Å². The van der Waals surface area contributed by atoms with Crippen molar-refractivity contribution >= 4 is 28.9 Å². The van der Waals surface area contributed by atoms with Gasteiger partial charge >= 0.3 is 0 Å². The fourth-order valence-corrected chi connectivity index (χ4v) is 3.57. The summed E-state index contributed by atoms with van der Waals surface area (Å²) < 4.78 is 5.49. The maximum Gasteiger partial charge on any atom is 0.260 e. The maximum absolute atomic E-state index is 13.3. The summed E-state index contributed by atoms with van der Waals surface area (Å²) in [6, 6.07) is 20.8. The third-order valence-electron chi connectivity index (χ3n) is 4.52. The summed E-state index contributed by atoms with van der Waals surface area (Å²) in [6.07, 6.45) is 1.63. The van der Waals surface area contributed by atoms with Crippen LogP contribution in [0.2, 0.25) is 0 Å². The van der Waals surface area contributed by atoms with Crippen LogP contribution in [0.3, 0.4) is 0 Å². The molecular formula is C21H18N2O2S. The zero-order valence-corrected chi connectivity index (χ0v) is 15.1. The number of hydrogen-bond donors (Lipinski definition) is 0. The summed E-state index contributed by atoms with van der Waals surface area (Å²) in [6.45, 7) is 2.47. The number of carbonyl (C=O) groups is 1. The van der Waals surface area contributed by atoms with Crippen molar-refractivity contribution in [2.75, 3.05) is 4.90 Å². The topological polar surface area (TPSA) is 36.7 Å². The molecule has 1 fully saturated rings. The van der Waals surface area contributed by atoms with Gasteiger partial charge in [-0.15, -0.1) is 0 Å². The second-order valence-electron chi connectivity index (χ2n) is 6.31. The van der Waals surface area contributed by atoms with E-state index in [0.717, 1.165) is 22.6 Å². The fourth-order valence-electron chi connectivity index (χ4n) is 3.20. The minimum absolute atomic E-state index is 0.0448. The smallest absolute Gasteiger partial charge is 0.260 e. The van der Waals surface area contributed by atoms with Gasteiger partial charge in [-0.05, 0) is 49.0 Å². The van der Waals surface area contributed by atoms with Crippen molar-refractivity contribution < 1.29 is 9.21 Å². The van der Waals surface area contributed by atoms with Gasteiger partial charge in [0, 0.05) is 0 Å². The Morgan fingerprint density at radius 1 is 1.00 bits per heavy atom. The summed E-state index contributed by atoms with van der Waals surface area (Å²) in [5, 5.41) is 0.489. The summed E-state index contributed by atoms with van der Waals surface area (Å²) >= 11 is 5.69. The van der Waals surface area contributed by atoms with Crippen molar-refractivity contribution in [2.24, 2.45) is 0 Å². The van der Waals surface area contributed by atoms with Gasteiger partial charge in [0.05, 0.1) is 18.5 Å². The molecule has 130 valence electrons. The lowest BCUT2D eigenvalue weighted by atomic mass is 10.0. The number of hydrogen-bond acceptors (Lipinski definition) is 3. The molecule has 1 aromatic heterocycles. The molecule has 4 nitrogen and oxygen atoms in total. The summed E-state index contributed by atoms with van der Waals surface area (Å²) in [5.41, 5.74) is 2.86. The van der Waals surface area contributed by atoms with Crippen LogP contribution in [0.1, 0.15) is 22.9 Å². The van der Waals surface area contributed by atoms with Gasteiger partial charge in [0.15, 0.2) is 5.11 Å². The fraction of sp³-hybridized carbons (Fsp3) is 0.143. The van der Waals surface area contributed by atoms with Crippen LogP contribution in [0, 0.1) is 6.92 Å². The number of rotatable bonds is 4. The zero-order valence-electron chi connectivity index (χ0n) is 14.3. The van der Waals surface area contributed by atoms with E-state index in [9.17, 15) is 4.79 Å². The summed E-state index contributed by atoms with van der Waals surface area (Å²) in [5.74, 6) is 0.726. The van der Waals surface area contributed by atoms with E-state index in [1.165, 1.54) is 0 Å². The number of benzene rings is 2. The van der Waals surface area contributed by atoms with Gasteiger partial charge in [-0.1, -0.05) is 48.0 Å². The molecule has 0 spiro atoms. The highest BCUT2D eigenvalue weighted by atomic mass is 32.1. The third-order valence-corrected chi connectivity index (χ3v) is 4.93. The molecule has 2 aromatic carbocycles. The molecule has 3 aromatic rings. The lowest BCUT2D eigenvalue weighted by Crippen LogP contribution is -2.32. The molecule has 0 N–H and O–H groups in total. The Morgan fingerprint density at radius 3 is 2.38 bits per heavy atom. The molecule has 1 aliphatic rings. The molecule has 1 saturated heterocycles. The molecular weight excluding hydrogens is 344 g/mol. The number of thiocarbonyl (C=S) groups is 1. The van der Waals surface area contributed by atoms with E-state index in [-0.39, 0.29) is 5.91 Å². The second kappa shape index (κ2) is 6.77. The number of amides is 1. The SMILES string of the molecule is Cc1ccc(C2C(=O)N(c3ccccc3)C(=S)N2Cc2ccco2)cc1. The van der Waals surface area contributed by atoms with Gasteiger partial charge in [0.25, 0.3) is 5.91 Å². The lowest BCUT2D eigenvalue weighted by Gasteiger charge is -2.23. The molecule has 2 heterocycles. The van der Waals surface area contributed by atoms with Crippen molar-refractivity contribution in [3.8, 4) is 0 Å². The Balaban J connectivity index is 1.76. The van der Waals surface area contributed by atoms with Crippen LogP contribution in [0.15, 0.2) is 77.4 Å². The zero-order chi connectivity index (χ0) is 18.1. The molecule has 1 amide bonds. The molecule has 5 heteroatoms. The molecule has 0 aliphatic carbocycles. The Bertz CT molecular complexity index is 920. The predicted molar refractivity (Wildman–Crippen MR) is 105 cm³/mol. The first-order valence-electron chi connectivity index (χ1n) is 8.44. The van der Waals surface area contributed by atoms with Gasteiger partial charge < -0.3 is 9.32 Å². The Hall–Kier alpha value is -2.92. The average molecular weight is 362 g/mol. The monoisotopic (exact) mass is 362 g/mol. The van der Waals surface area contributed by atoms with E-state index in [2.05, 4.69) is 0 Å². The molecule has 0 saturated carbocycles. The maximum atomic E-state index is 13.3. The highest BCUT2D eigenvalue weighted by Gasteiger charge is 2.44. The van der Waals surface area contributed by atoms with Gasteiger partial charge in [-0.3, -0.25) is 9.69 Å². The van der Waals surface area contributed by atoms with Crippen molar-refractivity contribution in [2.45, 2.75) is 19.5 Å². The number of carbonyl (C=O) groups excluding carboxylic acids is 1. The number of anilines is 1. The first kappa shape index (κ1) is 16.5. The number of nitrogens with zero attached hydrogens (tertiary/aromatic N) is 2. The standard InChI is InChI=1S/C21H18N2O2S/c1-15-9-11-16(12-10-15)19-20(24)23(17-6-3-2-4-7-17)21(26)22(19)14-18-8-5-13-25-18/h2-13,19H,14H2,1H3. The Kier molecular flexibility index (Phi) is 4.31. The summed E-state index contributed by atoms with van der Waals surface area (Å²) in [4.78, 5) is 16.8. The van der Waals surface area contributed by atoms with Crippen LogP contribution in [-0.2, 0) is 11.3 Å². The Morgan fingerprint density at radius 2 is 1.73 bits per heavy atom. The van der Waals surface area contributed by atoms with Crippen LogP contribution in [0.5, 0.6) is 0 Å². The van der Waals surface area contributed by atoms with Crippen LogP contribution < -0.4 is 4.90 Å². The van der Waals surface area contributed by atoms with Crippen LogP contribution >= 0.6 is 12.2 Å². The average Bonchev–Trinajstić information content (AvgIpc) is 3.24. The molecule has 1 atom stereocenters. The van der Waals surface area contributed by atoms with Gasteiger partial charge in [-0.2, -0.15) is 0 Å². The summed E-state index contributed by atoms with van der Waals surface area (Å²) in [7, 11) is 0. The van der Waals surface area contributed by atoms with Crippen molar-refractivity contribution in [1.29, 1.82) is 0 Å². The first-order valence-corrected chi connectivity index (χ1v) is 8.84. The van der Waals surface area contributed by atoms with Gasteiger partial charge in [0.2, 0.25) is 0 Å². The molecule has 0 radical (unpaired) electrons. The predicted octanol–water partition coefficient (Wildman–Crippen LogP) is 4.46. The van der Waals surface area contributed by atoms with E-state index in [1.807, 2.05) is 78.6 Å². The molecule has 26 heavy (non-hydrogen) atoms. The highest BCUT2D eigenvalue weighted by molar-refractivity contribution is 7.80. The molecule has 1 unspecified atom stereocenters. The first-order chi connectivity index (χ1) is 12.6. The largest absolute Gasteiger partial charge is 0.467 e. The van der Waals surface area contributed by atoms with E-state index < -0.39 is 6.04 Å². The van der Waals surface area contributed by atoms with E-state index >= 15 is 0 Å². The van der Waals surface area contributed by atoms with Crippen LogP contribution in [-0.4, -0.2) is 15.9 Å². The minimum Gasteiger partial charge on any atom is -0.467 e. The van der Waals surface area contributed by atoms with Crippen molar-refractivity contribution in [3.63, 3.8) is 0 Å². The van der Waals surface area contributed by atoms with E-state index in [1.54, 1.807) is 11.2 Å². The number of aryl methyl sites for hydroxylation is 1. The van der Waals surface area contributed by atoms with E-state index in [4.69, 9.17) is 16.6 Å². The van der Waals surface area contributed by atoms with E-state index in [0.29, 0.717) is 11.7 Å². The van der Waals surface area contributed by atoms with Crippen LogP contribution in [0.25, 0.3) is 0 Å². The lowest BCUT2D eigenvalue weighted by molar-refractivity contribution is -0.120. The van der Waals surface area contributed by atoms with Gasteiger partial charge in [-0.25, -0.2) is 0 Å². The number of para-hydroxylation sites is 1. The van der Waals surface area contributed by atoms with Crippen LogP contribution in [0.4, 0.5) is 5.69 Å².